The maximum atomic E-state index is 11.9. The quantitative estimate of drug-likeness (QED) is 0.770. The monoisotopic (exact) mass is 295 g/mol. The number of nitrogens with one attached hydrogen (secondary N) is 2. The van der Waals surface area contributed by atoms with Crippen LogP contribution in [0.2, 0.25) is 0 Å². The second-order valence-electron chi connectivity index (χ2n) is 4.64. The molecule has 0 atom stereocenters. The van der Waals surface area contributed by atoms with E-state index in [2.05, 4.69) is 15.5 Å². The van der Waals surface area contributed by atoms with Crippen molar-refractivity contribution < 1.29 is 9.32 Å². The van der Waals surface area contributed by atoms with Gasteiger partial charge in [0, 0.05) is 17.8 Å². The van der Waals surface area contributed by atoms with Gasteiger partial charge < -0.3 is 14.8 Å². The molecule has 22 heavy (non-hydrogen) atoms. The average Bonchev–Trinajstić information content (AvgIpc) is 3.03. The average molecular weight is 295 g/mol. The highest BCUT2D eigenvalue weighted by Crippen LogP contribution is 2.19. The molecule has 3 rings (SSSR count). The molecule has 2 heterocycles. The van der Waals surface area contributed by atoms with Crippen molar-refractivity contribution in [2.45, 2.75) is 6.54 Å². The molecule has 0 aliphatic heterocycles. The smallest absolute Gasteiger partial charge is 0.260 e. The lowest BCUT2D eigenvalue weighted by atomic mass is 10.1. The van der Waals surface area contributed by atoms with E-state index in [-0.39, 0.29) is 12.1 Å². The van der Waals surface area contributed by atoms with Crippen molar-refractivity contribution in [3.8, 4) is 11.3 Å². The van der Waals surface area contributed by atoms with Gasteiger partial charge in [0.15, 0.2) is 5.76 Å². The number of rotatable bonds is 4. The molecule has 0 aliphatic carbocycles. The maximum absolute atomic E-state index is 11.9. The Balaban J connectivity index is 1.68. The molecular formula is C16H13N3O3. The Morgan fingerprint density at radius 2 is 2.00 bits per heavy atom. The predicted molar refractivity (Wildman–Crippen MR) is 80.2 cm³/mol. The van der Waals surface area contributed by atoms with Crippen LogP contribution in [0.3, 0.4) is 0 Å². The minimum atomic E-state index is -0.453. The molecule has 110 valence electrons. The van der Waals surface area contributed by atoms with Gasteiger partial charge in [-0.15, -0.1) is 0 Å². The zero-order valence-corrected chi connectivity index (χ0v) is 11.6. The molecule has 2 aromatic heterocycles. The Bertz CT molecular complexity index is 837. The van der Waals surface area contributed by atoms with Gasteiger partial charge in [-0.3, -0.25) is 9.59 Å². The van der Waals surface area contributed by atoms with Gasteiger partial charge in [-0.05, 0) is 12.1 Å². The zero-order chi connectivity index (χ0) is 15.4. The lowest BCUT2D eigenvalue weighted by Gasteiger charge is -2.01. The summed E-state index contributed by atoms with van der Waals surface area (Å²) in [5.41, 5.74) is 1.13. The van der Waals surface area contributed by atoms with Crippen LogP contribution in [0.25, 0.3) is 11.3 Å². The topological polar surface area (TPSA) is 88.0 Å². The number of carbonyl (C=O) groups excluding carboxylic acids is 1. The molecular weight excluding hydrogens is 282 g/mol. The SMILES string of the molecule is O=C(NCc1cc(-c2ccccc2)on1)c1ccc[nH]c1=O. The van der Waals surface area contributed by atoms with Gasteiger partial charge in [-0.1, -0.05) is 35.5 Å². The normalized spacial score (nSPS) is 10.4. The number of amides is 1. The highest BCUT2D eigenvalue weighted by Gasteiger charge is 2.11. The molecule has 0 radical (unpaired) electrons. The summed E-state index contributed by atoms with van der Waals surface area (Å²) >= 11 is 0. The molecule has 0 saturated heterocycles. The molecule has 0 spiro atoms. The van der Waals surface area contributed by atoms with Crippen LogP contribution in [0.1, 0.15) is 16.1 Å². The van der Waals surface area contributed by atoms with E-state index in [1.807, 2.05) is 30.3 Å². The van der Waals surface area contributed by atoms with Gasteiger partial charge in [0.25, 0.3) is 11.5 Å². The van der Waals surface area contributed by atoms with Crippen molar-refractivity contribution in [1.29, 1.82) is 0 Å². The zero-order valence-electron chi connectivity index (χ0n) is 11.6. The summed E-state index contributed by atoms with van der Waals surface area (Å²) < 4.78 is 5.24. The first kappa shape index (κ1) is 13.8. The van der Waals surface area contributed by atoms with Gasteiger partial charge in [-0.25, -0.2) is 0 Å². The Morgan fingerprint density at radius 1 is 1.18 bits per heavy atom. The van der Waals surface area contributed by atoms with Gasteiger partial charge in [0.2, 0.25) is 0 Å². The van der Waals surface area contributed by atoms with E-state index in [4.69, 9.17) is 4.52 Å². The van der Waals surface area contributed by atoms with E-state index in [0.29, 0.717) is 11.5 Å². The molecule has 0 unspecified atom stereocenters. The first-order chi connectivity index (χ1) is 10.7. The van der Waals surface area contributed by atoms with Crippen LogP contribution in [0.4, 0.5) is 0 Å². The van der Waals surface area contributed by atoms with Crippen molar-refractivity contribution in [3.63, 3.8) is 0 Å². The van der Waals surface area contributed by atoms with Crippen LogP contribution < -0.4 is 10.9 Å². The minimum absolute atomic E-state index is 0.0641. The Labute approximate surface area is 125 Å². The summed E-state index contributed by atoms with van der Waals surface area (Å²) in [5, 5.41) is 6.54. The fraction of sp³-hybridized carbons (Fsp3) is 0.0625. The molecule has 0 aliphatic rings. The lowest BCUT2D eigenvalue weighted by Crippen LogP contribution is -2.28. The first-order valence-corrected chi connectivity index (χ1v) is 6.71. The number of pyridine rings is 1. The Hall–Kier alpha value is -3.15. The molecule has 0 fully saturated rings. The van der Waals surface area contributed by atoms with Crippen molar-refractivity contribution in [1.82, 2.24) is 15.5 Å². The number of aromatic nitrogens is 2. The molecule has 6 nitrogen and oxygen atoms in total. The molecule has 2 N–H and O–H groups in total. The van der Waals surface area contributed by atoms with E-state index >= 15 is 0 Å². The van der Waals surface area contributed by atoms with E-state index in [1.54, 1.807) is 12.1 Å². The van der Waals surface area contributed by atoms with Crippen LogP contribution in [0, 0.1) is 0 Å². The molecule has 0 saturated carbocycles. The summed E-state index contributed by atoms with van der Waals surface area (Å²) in [6.45, 7) is 0.184. The fourth-order valence-corrected chi connectivity index (χ4v) is 2.00. The van der Waals surface area contributed by atoms with E-state index in [9.17, 15) is 9.59 Å². The highest BCUT2D eigenvalue weighted by atomic mass is 16.5. The predicted octanol–water partition coefficient (Wildman–Crippen LogP) is 1.96. The summed E-state index contributed by atoms with van der Waals surface area (Å²) in [6.07, 6.45) is 1.48. The number of hydrogen-bond donors (Lipinski definition) is 2. The minimum Gasteiger partial charge on any atom is -0.356 e. The number of nitrogens with zero attached hydrogens (tertiary/aromatic N) is 1. The Morgan fingerprint density at radius 3 is 2.77 bits per heavy atom. The van der Waals surface area contributed by atoms with Crippen molar-refractivity contribution in [2.75, 3.05) is 0 Å². The van der Waals surface area contributed by atoms with Crippen molar-refractivity contribution in [2.24, 2.45) is 0 Å². The number of benzene rings is 1. The third-order valence-electron chi connectivity index (χ3n) is 3.11. The Kier molecular flexibility index (Phi) is 3.82. The van der Waals surface area contributed by atoms with Gasteiger partial charge in [-0.2, -0.15) is 0 Å². The summed E-state index contributed by atoms with van der Waals surface area (Å²) in [6, 6.07) is 14.4. The van der Waals surface area contributed by atoms with Crippen LogP contribution in [-0.2, 0) is 6.54 Å². The molecule has 1 aromatic carbocycles. The van der Waals surface area contributed by atoms with E-state index in [0.717, 1.165) is 5.56 Å². The van der Waals surface area contributed by atoms with Gasteiger partial charge in [0.1, 0.15) is 11.3 Å². The van der Waals surface area contributed by atoms with Gasteiger partial charge in [0.05, 0.1) is 6.54 Å². The standard InChI is InChI=1S/C16H13N3O3/c20-15-13(7-4-8-17-15)16(21)18-10-12-9-14(22-19-12)11-5-2-1-3-6-11/h1-9H,10H2,(H,17,20)(H,18,21). The number of H-pyrrole nitrogens is 1. The first-order valence-electron chi connectivity index (χ1n) is 6.71. The second kappa shape index (κ2) is 6.09. The van der Waals surface area contributed by atoms with Crippen LogP contribution in [0.5, 0.6) is 0 Å². The highest BCUT2D eigenvalue weighted by molar-refractivity contribution is 5.93. The third kappa shape index (κ3) is 2.95. The molecule has 6 heteroatoms. The number of hydrogen-bond acceptors (Lipinski definition) is 4. The number of carbonyl (C=O) groups is 1. The lowest BCUT2D eigenvalue weighted by molar-refractivity contribution is 0.0948. The van der Waals surface area contributed by atoms with Crippen LogP contribution in [-0.4, -0.2) is 16.0 Å². The summed E-state index contributed by atoms with van der Waals surface area (Å²) in [4.78, 5) is 25.9. The van der Waals surface area contributed by atoms with Crippen molar-refractivity contribution in [3.05, 3.63) is 76.3 Å². The summed E-state index contributed by atoms with van der Waals surface area (Å²) in [7, 11) is 0. The van der Waals surface area contributed by atoms with Crippen molar-refractivity contribution >= 4 is 5.91 Å². The maximum Gasteiger partial charge on any atom is 0.260 e. The molecule has 0 bridgehead atoms. The van der Waals surface area contributed by atoms with E-state index in [1.165, 1.54) is 12.3 Å². The van der Waals surface area contributed by atoms with E-state index < -0.39 is 11.5 Å². The summed E-state index contributed by atoms with van der Waals surface area (Å²) in [5.74, 6) is 0.175. The number of aromatic amines is 1. The second-order valence-corrected chi connectivity index (χ2v) is 4.64. The molecule has 1 amide bonds. The largest absolute Gasteiger partial charge is 0.356 e. The van der Waals surface area contributed by atoms with Crippen LogP contribution >= 0.6 is 0 Å². The third-order valence-corrected chi connectivity index (χ3v) is 3.11. The van der Waals surface area contributed by atoms with Gasteiger partial charge >= 0.3 is 0 Å². The molecule has 3 aromatic rings. The van der Waals surface area contributed by atoms with Crippen LogP contribution in [0.15, 0.2) is 64.0 Å². The fourth-order valence-electron chi connectivity index (χ4n) is 2.00.